The summed E-state index contributed by atoms with van der Waals surface area (Å²) in [5.41, 5.74) is 5.40. The fraction of sp³-hybridized carbons (Fsp3) is 0.917. The van der Waals surface area contributed by atoms with Gasteiger partial charge in [-0.1, -0.05) is 6.92 Å². The van der Waals surface area contributed by atoms with Crippen molar-refractivity contribution in [3.63, 3.8) is 0 Å². The van der Waals surface area contributed by atoms with Gasteiger partial charge in [-0.3, -0.25) is 9.69 Å². The van der Waals surface area contributed by atoms with E-state index in [1.54, 1.807) is 7.11 Å². The smallest absolute Gasteiger partial charge is 0.235 e. The van der Waals surface area contributed by atoms with Gasteiger partial charge in [0.25, 0.3) is 0 Å². The lowest BCUT2D eigenvalue weighted by molar-refractivity contribution is -0.120. The van der Waals surface area contributed by atoms with Crippen molar-refractivity contribution in [2.75, 3.05) is 33.3 Å². The van der Waals surface area contributed by atoms with Gasteiger partial charge in [0.15, 0.2) is 0 Å². The Kier molecular flexibility index (Phi) is 6.47. The van der Waals surface area contributed by atoms with Gasteiger partial charge in [0.05, 0.1) is 12.1 Å². The van der Waals surface area contributed by atoms with Crippen molar-refractivity contribution in [3.8, 4) is 0 Å². The molecule has 1 fully saturated rings. The molecule has 3 N–H and O–H groups in total. The first-order valence-electron chi connectivity index (χ1n) is 6.45. The summed E-state index contributed by atoms with van der Waals surface area (Å²) in [5.74, 6) is -0.266. The average Bonchev–Trinajstić information content (AvgIpc) is 2.34. The van der Waals surface area contributed by atoms with Crippen molar-refractivity contribution >= 4 is 5.91 Å². The monoisotopic (exact) mass is 243 g/mol. The number of ether oxygens (including phenoxy) is 1. The topological polar surface area (TPSA) is 67.6 Å². The number of piperidine rings is 1. The second-order valence-corrected chi connectivity index (χ2v) is 4.67. The summed E-state index contributed by atoms with van der Waals surface area (Å²) >= 11 is 0. The lowest BCUT2D eigenvalue weighted by Crippen LogP contribution is -2.52. The number of primary amides is 1. The summed E-state index contributed by atoms with van der Waals surface area (Å²) in [7, 11) is 1.75. The molecule has 0 aliphatic carbocycles. The van der Waals surface area contributed by atoms with E-state index in [0.717, 1.165) is 38.9 Å². The Balaban J connectivity index is 2.40. The third-order valence-electron chi connectivity index (χ3n) is 3.22. The molecule has 0 bridgehead atoms. The molecule has 100 valence electrons. The van der Waals surface area contributed by atoms with Gasteiger partial charge >= 0.3 is 0 Å². The molecule has 0 saturated carbocycles. The molecule has 5 nitrogen and oxygen atoms in total. The van der Waals surface area contributed by atoms with E-state index >= 15 is 0 Å². The van der Waals surface area contributed by atoms with Gasteiger partial charge in [-0.2, -0.15) is 0 Å². The van der Waals surface area contributed by atoms with E-state index in [2.05, 4.69) is 17.1 Å². The molecule has 1 aliphatic heterocycles. The summed E-state index contributed by atoms with van der Waals surface area (Å²) in [6.07, 6.45) is 3.53. The number of amides is 1. The van der Waals surface area contributed by atoms with Crippen molar-refractivity contribution in [2.24, 2.45) is 5.73 Å². The van der Waals surface area contributed by atoms with E-state index in [4.69, 9.17) is 10.5 Å². The van der Waals surface area contributed by atoms with Gasteiger partial charge < -0.3 is 15.8 Å². The second kappa shape index (κ2) is 7.63. The van der Waals surface area contributed by atoms with Crippen LogP contribution >= 0.6 is 0 Å². The predicted octanol–water partition coefficient (Wildman–Crippen LogP) is -0.0493. The van der Waals surface area contributed by atoms with Gasteiger partial charge in [-0.15, -0.1) is 0 Å². The minimum atomic E-state index is -0.266. The number of rotatable bonds is 7. The van der Waals surface area contributed by atoms with Crippen LogP contribution in [0.25, 0.3) is 0 Å². The summed E-state index contributed by atoms with van der Waals surface area (Å²) < 4.78 is 5.37. The minimum Gasteiger partial charge on any atom is -0.380 e. The molecule has 1 amide bonds. The SMILES string of the molecule is CCCNC(CN1CCCC(OC)C1)C(N)=O. The van der Waals surface area contributed by atoms with Crippen LogP contribution in [0.15, 0.2) is 0 Å². The predicted molar refractivity (Wildman–Crippen MR) is 67.7 cm³/mol. The second-order valence-electron chi connectivity index (χ2n) is 4.67. The van der Waals surface area contributed by atoms with Crippen LogP contribution in [0.5, 0.6) is 0 Å². The summed E-state index contributed by atoms with van der Waals surface area (Å²) in [6.45, 7) is 5.52. The maximum Gasteiger partial charge on any atom is 0.235 e. The van der Waals surface area contributed by atoms with Crippen LogP contribution in [0.1, 0.15) is 26.2 Å². The summed E-state index contributed by atoms with van der Waals surface area (Å²) in [5, 5.41) is 3.19. The fourth-order valence-corrected chi connectivity index (χ4v) is 2.20. The van der Waals surface area contributed by atoms with Crippen LogP contribution in [0.3, 0.4) is 0 Å². The van der Waals surface area contributed by atoms with E-state index in [1.165, 1.54) is 0 Å². The Morgan fingerprint density at radius 3 is 3.00 bits per heavy atom. The number of hydrogen-bond acceptors (Lipinski definition) is 4. The maximum absolute atomic E-state index is 11.3. The van der Waals surface area contributed by atoms with Crippen LogP contribution < -0.4 is 11.1 Å². The van der Waals surface area contributed by atoms with E-state index in [1.807, 2.05) is 0 Å². The maximum atomic E-state index is 11.3. The molecular formula is C12H25N3O2. The zero-order chi connectivity index (χ0) is 12.7. The highest BCUT2D eigenvalue weighted by molar-refractivity contribution is 5.80. The molecule has 0 aromatic carbocycles. The zero-order valence-corrected chi connectivity index (χ0v) is 10.9. The number of nitrogens with one attached hydrogen (secondary N) is 1. The number of carbonyl (C=O) groups is 1. The normalized spacial score (nSPS) is 23.5. The number of carbonyl (C=O) groups excluding carboxylic acids is 1. The van der Waals surface area contributed by atoms with Crippen molar-refractivity contribution < 1.29 is 9.53 Å². The van der Waals surface area contributed by atoms with E-state index in [9.17, 15) is 4.79 Å². The van der Waals surface area contributed by atoms with Crippen molar-refractivity contribution in [2.45, 2.75) is 38.3 Å². The number of likely N-dealkylation sites (tertiary alicyclic amines) is 1. The Hall–Kier alpha value is -0.650. The molecule has 1 aliphatic rings. The van der Waals surface area contributed by atoms with E-state index in [0.29, 0.717) is 12.6 Å². The molecule has 1 heterocycles. The first-order valence-corrected chi connectivity index (χ1v) is 6.45. The third kappa shape index (κ3) is 5.02. The number of hydrogen-bond donors (Lipinski definition) is 2. The molecule has 0 aromatic rings. The van der Waals surface area contributed by atoms with Crippen molar-refractivity contribution in [1.29, 1.82) is 0 Å². The summed E-state index contributed by atoms with van der Waals surface area (Å²) in [4.78, 5) is 13.6. The highest BCUT2D eigenvalue weighted by atomic mass is 16.5. The van der Waals surface area contributed by atoms with E-state index < -0.39 is 0 Å². The Morgan fingerprint density at radius 2 is 2.41 bits per heavy atom. The van der Waals surface area contributed by atoms with E-state index in [-0.39, 0.29) is 11.9 Å². The Labute approximate surface area is 104 Å². The van der Waals surface area contributed by atoms with Gasteiger partial charge in [0.1, 0.15) is 0 Å². The van der Waals surface area contributed by atoms with Crippen LogP contribution in [0.2, 0.25) is 0 Å². The van der Waals surface area contributed by atoms with Crippen LogP contribution in [-0.4, -0.2) is 56.2 Å². The number of methoxy groups -OCH3 is 1. The third-order valence-corrected chi connectivity index (χ3v) is 3.22. The fourth-order valence-electron chi connectivity index (χ4n) is 2.20. The van der Waals surface area contributed by atoms with Crippen LogP contribution in [-0.2, 0) is 9.53 Å². The molecule has 0 spiro atoms. The minimum absolute atomic E-state index is 0.245. The van der Waals surface area contributed by atoms with Gasteiger partial charge in [0.2, 0.25) is 5.91 Å². The van der Waals surface area contributed by atoms with Crippen molar-refractivity contribution in [3.05, 3.63) is 0 Å². The lowest BCUT2D eigenvalue weighted by Gasteiger charge is -2.33. The zero-order valence-electron chi connectivity index (χ0n) is 10.9. The number of nitrogens with zero attached hydrogens (tertiary/aromatic N) is 1. The first-order chi connectivity index (χ1) is 8.17. The number of nitrogens with two attached hydrogens (primary N) is 1. The van der Waals surface area contributed by atoms with Gasteiger partial charge in [0, 0.05) is 20.2 Å². The first kappa shape index (κ1) is 14.4. The van der Waals surface area contributed by atoms with Crippen LogP contribution in [0.4, 0.5) is 0 Å². The molecule has 2 atom stereocenters. The molecule has 5 heteroatoms. The highest BCUT2D eigenvalue weighted by Gasteiger charge is 2.24. The molecule has 2 unspecified atom stereocenters. The lowest BCUT2D eigenvalue weighted by atomic mass is 10.1. The largest absolute Gasteiger partial charge is 0.380 e. The standard InChI is InChI=1S/C12H25N3O2/c1-3-6-14-11(12(13)16)9-15-7-4-5-10(8-15)17-2/h10-11,14H,3-9H2,1-2H3,(H2,13,16). The molecule has 0 radical (unpaired) electrons. The Bertz CT molecular complexity index is 236. The molecule has 1 saturated heterocycles. The molecule has 1 rings (SSSR count). The quantitative estimate of drug-likeness (QED) is 0.658. The summed E-state index contributed by atoms with van der Waals surface area (Å²) in [6, 6.07) is -0.245. The molecule has 17 heavy (non-hydrogen) atoms. The van der Waals surface area contributed by atoms with Crippen molar-refractivity contribution in [1.82, 2.24) is 10.2 Å². The van der Waals surface area contributed by atoms with Crippen LogP contribution in [0, 0.1) is 0 Å². The molecule has 0 aromatic heterocycles. The van der Waals surface area contributed by atoms with Gasteiger partial charge in [-0.25, -0.2) is 0 Å². The highest BCUT2D eigenvalue weighted by Crippen LogP contribution is 2.12. The Morgan fingerprint density at radius 1 is 1.65 bits per heavy atom. The molecular weight excluding hydrogens is 218 g/mol. The van der Waals surface area contributed by atoms with Gasteiger partial charge in [-0.05, 0) is 32.4 Å². The average molecular weight is 243 g/mol.